The van der Waals surface area contributed by atoms with Gasteiger partial charge in [0.25, 0.3) is 0 Å². The molecule has 4 heteroatoms. The van der Waals surface area contributed by atoms with Crippen LogP contribution in [-0.4, -0.2) is 30.1 Å². The van der Waals surface area contributed by atoms with Gasteiger partial charge in [-0.1, -0.05) is 26.0 Å². The van der Waals surface area contributed by atoms with Crippen molar-refractivity contribution in [1.29, 1.82) is 0 Å². The Morgan fingerprint density at radius 3 is 2.33 bits per heavy atom. The number of phenols is 1. The first-order chi connectivity index (χ1) is 9.92. The van der Waals surface area contributed by atoms with E-state index in [4.69, 9.17) is 0 Å². The highest BCUT2D eigenvalue weighted by Gasteiger charge is 2.20. The summed E-state index contributed by atoms with van der Waals surface area (Å²) in [4.78, 5) is 11.9. The number of carbonyl (C=O) groups is 1. The molecule has 1 rings (SSSR count). The van der Waals surface area contributed by atoms with Crippen molar-refractivity contribution in [3.63, 3.8) is 0 Å². The smallest absolute Gasteiger partial charge is 0.236 e. The van der Waals surface area contributed by atoms with Crippen molar-refractivity contribution in [3.8, 4) is 5.75 Å². The Labute approximate surface area is 128 Å². The fraction of sp³-hybridized carbons (Fsp3) is 0.588. The summed E-state index contributed by atoms with van der Waals surface area (Å²) in [6.45, 7) is 6.36. The van der Waals surface area contributed by atoms with Gasteiger partial charge >= 0.3 is 0 Å². The van der Waals surface area contributed by atoms with Gasteiger partial charge in [0, 0.05) is 13.1 Å². The monoisotopic (exact) mass is 292 g/mol. The Hall–Kier alpha value is -1.55. The van der Waals surface area contributed by atoms with Gasteiger partial charge in [-0.3, -0.25) is 4.79 Å². The summed E-state index contributed by atoms with van der Waals surface area (Å²) in [6, 6.07) is 7.42. The van der Waals surface area contributed by atoms with E-state index in [1.807, 2.05) is 12.1 Å². The average molecular weight is 292 g/mol. The van der Waals surface area contributed by atoms with Crippen molar-refractivity contribution in [2.45, 2.75) is 52.1 Å². The summed E-state index contributed by atoms with van der Waals surface area (Å²) < 4.78 is 0. The molecule has 0 spiro atoms. The molecule has 2 unspecified atom stereocenters. The van der Waals surface area contributed by atoms with E-state index < -0.39 is 0 Å². The highest BCUT2D eigenvalue weighted by atomic mass is 16.3. The fourth-order valence-electron chi connectivity index (χ4n) is 2.37. The molecule has 4 nitrogen and oxygen atoms in total. The minimum atomic E-state index is -0.134. The Kier molecular flexibility index (Phi) is 7.23. The number of aromatic hydroxyl groups is 1. The van der Waals surface area contributed by atoms with Gasteiger partial charge < -0.3 is 15.7 Å². The molecule has 118 valence electrons. The molecule has 0 aromatic heterocycles. The molecular weight excluding hydrogens is 264 g/mol. The average Bonchev–Trinajstić information content (AvgIpc) is 2.44. The topological polar surface area (TPSA) is 61.4 Å². The van der Waals surface area contributed by atoms with Crippen LogP contribution >= 0.6 is 0 Å². The van der Waals surface area contributed by atoms with Gasteiger partial charge in [0.1, 0.15) is 5.75 Å². The second-order valence-corrected chi connectivity index (χ2v) is 6.07. The maximum absolute atomic E-state index is 11.9. The highest BCUT2D eigenvalue weighted by Crippen LogP contribution is 2.13. The molecule has 1 amide bonds. The fourth-order valence-corrected chi connectivity index (χ4v) is 2.37. The summed E-state index contributed by atoms with van der Waals surface area (Å²) >= 11 is 0. The molecule has 2 atom stereocenters. The van der Waals surface area contributed by atoms with Crippen molar-refractivity contribution < 1.29 is 9.90 Å². The third-order valence-corrected chi connectivity index (χ3v) is 3.56. The van der Waals surface area contributed by atoms with Gasteiger partial charge in [-0.2, -0.15) is 0 Å². The number of benzene rings is 1. The predicted octanol–water partition coefficient (Wildman–Crippen LogP) is 2.46. The summed E-state index contributed by atoms with van der Waals surface area (Å²) in [6.07, 6.45) is 2.72. The van der Waals surface area contributed by atoms with Gasteiger partial charge in [0.15, 0.2) is 0 Å². The number of amides is 1. The molecule has 0 aliphatic rings. The molecule has 0 aliphatic heterocycles. The lowest BCUT2D eigenvalue weighted by Gasteiger charge is -2.23. The zero-order chi connectivity index (χ0) is 15.8. The normalized spacial score (nSPS) is 14.0. The lowest BCUT2D eigenvalue weighted by molar-refractivity contribution is -0.123. The minimum Gasteiger partial charge on any atom is -0.508 e. The van der Waals surface area contributed by atoms with Crippen molar-refractivity contribution in [2.24, 2.45) is 5.92 Å². The minimum absolute atomic E-state index is 0.0557. The Morgan fingerprint density at radius 2 is 1.81 bits per heavy atom. The van der Waals surface area contributed by atoms with Gasteiger partial charge in [-0.25, -0.2) is 0 Å². The van der Waals surface area contributed by atoms with Crippen LogP contribution in [0.5, 0.6) is 5.75 Å². The van der Waals surface area contributed by atoms with E-state index in [-0.39, 0.29) is 18.0 Å². The molecule has 21 heavy (non-hydrogen) atoms. The largest absolute Gasteiger partial charge is 0.508 e. The zero-order valence-electron chi connectivity index (χ0n) is 13.5. The number of likely N-dealkylation sites (N-methyl/N-ethyl adjacent to an activating group) is 1. The lowest BCUT2D eigenvalue weighted by atomic mass is 10.0. The first-order valence-corrected chi connectivity index (χ1v) is 7.68. The summed E-state index contributed by atoms with van der Waals surface area (Å²) in [5.74, 6) is 0.825. The van der Waals surface area contributed by atoms with Gasteiger partial charge in [0.05, 0.1) is 6.04 Å². The number of hydrogen-bond acceptors (Lipinski definition) is 3. The summed E-state index contributed by atoms with van der Waals surface area (Å²) in [5, 5.41) is 15.4. The van der Waals surface area contributed by atoms with E-state index >= 15 is 0 Å². The molecule has 0 fully saturated rings. The van der Waals surface area contributed by atoms with Crippen LogP contribution in [0.15, 0.2) is 24.3 Å². The Bertz CT molecular complexity index is 429. The van der Waals surface area contributed by atoms with Crippen LogP contribution in [0.25, 0.3) is 0 Å². The van der Waals surface area contributed by atoms with Crippen LogP contribution < -0.4 is 10.6 Å². The van der Waals surface area contributed by atoms with Crippen molar-refractivity contribution >= 4 is 5.91 Å². The third-order valence-electron chi connectivity index (χ3n) is 3.56. The van der Waals surface area contributed by atoms with Crippen LogP contribution in [-0.2, 0) is 11.2 Å². The van der Waals surface area contributed by atoms with Crippen LogP contribution in [0.2, 0.25) is 0 Å². The standard InChI is InChI=1S/C17H28N2O2/c1-12(2)11-16(17(21)18-4)19-13(3)5-6-14-7-9-15(20)10-8-14/h7-10,12-13,16,19-20H,5-6,11H2,1-4H3,(H,18,21). The summed E-state index contributed by atoms with van der Waals surface area (Å²) in [5.41, 5.74) is 1.20. The highest BCUT2D eigenvalue weighted by molar-refractivity contribution is 5.81. The SMILES string of the molecule is CNC(=O)C(CC(C)C)NC(C)CCc1ccc(O)cc1. The van der Waals surface area contributed by atoms with Crippen molar-refractivity contribution in [1.82, 2.24) is 10.6 Å². The molecule has 3 N–H and O–H groups in total. The maximum Gasteiger partial charge on any atom is 0.236 e. The van der Waals surface area contributed by atoms with Crippen molar-refractivity contribution in [2.75, 3.05) is 7.05 Å². The number of carbonyl (C=O) groups excluding carboxylic acids is 1. The molecule has 0 radical (unpaired) electrons. The molecule has 1 aromatic rings. The molecule has 0 bridgehead atoms. The second-order valence-electron chi connectivity index (χ2n) is 6.07. The van der Waals surface area contributed by atoms with Crippen molar-refractivity contribution in [3.05, 3.63) is 29.8 Å². The zero-order valence-corrected chi connectivity index (χ0v) is 13.5. The van der Waals surface area contributed by atoms with Gasteiger partial charge in [-0.05, 0) is 49.8 Å². The van der Waals surface area contributed by atoms with Crippen LogP contribution in [0.1, 0.15) is 39.2 Å². The number of rotatable bonds is 8. The van der Waals surface area contributed by atoms with Gasteiger partial charge in [-0.15, -0.1) is 0 Å². The van der Waals surface area contributed by atoms with E-state index in [1.54, 1.807) is 19.2 Å². The lowest BCUT2D eigenvalue weighted by Crippen LogP contribution is -2.47. The number of phenolic OH excluding ortho intramolecular Hbond substituents is 1. The van der Waals surface area contributed by atoms with E-state index in [0.29, 0.717) is 11.7 Å². The van der Waals surface area contributed by atoms with Crippen LogP contribution in [0.3, 0.4) is 0 Å². The molecule has 0 saturated carbocycles. The summed E-state index contributed by atoms with van der Waals surface area (Å²) in [7, 11) is 1.68. The number of nitrogens with one attached hydrogen (secondary N) is 2. The second kappa shape index (κ2) is 8.67. The molecule has 0 aliphatic carbocycles. The molecule has 0 heterocycles. The van der Waals surface area contributed by atoms with Crippen LogP contribution in [0.4, 0.5) is 0 Å². The molecule has 0 saturated heterocycles. The first-order valence-electron chi connectivity index (χ1n) is 7.68. The number of hydrogen-bond donors (Lipinski definition) is 3. The quantitative estimate of drug-likeness (QED) is 0.690. The Morgan fingerprint density at radius 1 is 1.19 bits per heavy atom. The molecular formula is C17H28N2O2. The van der Waals surface area contributed by atoms with E-state index in [2.05, 4.69) is 31.4 Å². The first kappa shape index (κ1) is 17.5. The van der Waals surface area contributed by atoms with Gasteiger partial charge in [0.2, 0.25) is 5.91 Å². The third kappa shape index (κ3) is 6.63. The Balaban J connectivity index is 2.47. The van der Waals surface area contributed by atoms with E-state index in [9.17, 15) is 9.90 Å². The number of aryl methyl sites for hydroxylation is 1. The van der Waals surface area contributed by atoms with E-state index in [0.717, 1.165) is 19.3 Å². The van der Waals surface area contributed by atoms with Crippen LogP contribution in [0, 0.1) is 5.92 Å². The van der Waals surface area contributed by atoms with E-state index in [1.165, 1.54) is 5.56 Å². The maximum atomic E-state index is 11.9. The predicted molar refractivity (Wildman–Crippen MR) is 86.3 cm³/mol. The molecule has 1 aromatic carbocycles.